The van der Waals surface area contributed by atoms with E-state index in [0.29, 0.717) is 5.82 Å². The number of rotatable bonds is 2. The Morgan fingerprint density at radius 2 is 2.07 bits per heavy atom. The summed E-state index contributed by atoms with van der Waals surface area (Å²) in [6, 6.07) is 8.11. The summed E-state index contributed by atoms with van der Waals surface area (Å²) < 4.78 is 12.7. The Morgan fingerprint density at radius 1 is 1.33 bits per heavy atom. The van der Waals surface area contributed by atoms with Gasteiger partial charge in [0.2, 0.25) is 0 Å². The molecule has 0 aliphatic heterocycles. The topological polar surface area (TPSA) is 52.5 Å². The highest BCUT2D eigenvalue weighted by atomic mass is 19.1. The van der Waals surface area contributed by atoms with Gasteiger partial charge >= 0.3 is 0 Å². The molecule has 2 aromatic rings. The third-order valence-corrected chi connectivity index (χ3v) is 2.03. The molecule has 0 atom stereocenters. The van der Waals surface area contributed by atoms with Crippen molar-refractivity contribution in [1.29, 1.82) is 5.26 Å². The maximum Gasteiger partial charge on any atom is 0.123 e. The molecule has 0 spiro atoms. The molecule has 0 fully saturated rings. The molecule has 3 nitrogen and oxygen atoms in total. The number of hydrogen-bond donors (Lipinski definition) is 1. The first-order valence-electron chi connectivity index (χ1n) is 4.46. The minimum Gasteiger partial charge on any atom is -0.341 e. The van der Waals surface area contributed by atoms with E-state index in [0.717, 1.165) is 11.3 Å². The SMILES string of the molecule is N#CCc1ncc(-c2ccc(F)cc2)[nH]1. The number of benzene rings is 1. The number of aromatic amines is 1. The normalized spacial score (nSPS) is 9.87. The summed E-state index contributed by atoms with van der Waals surface area (Å²) in [5, 5.41) is 8.48. The minimum absolute atomic E-state index is 0.251. The number of nitrogens with zero attached hydrogens (tertiary/aromatic N) is 2. The molecule has 1 N–H and O–H groups in total. The van der Waals surface area contributed by atoms with Crippen molar-refractivity contribution in [2.45, 2.75) is 6.42 Å². The molecule has 0 amide bonds. The molecule has 4 heteroatoms. The molecule has 0 radical (unpaired) electrons. The Kier molecular flexibility index (Phi) is 2.46. The van der Waals surface area contributed by atoms with Gasteiger partial charge in [-0.3, -0.25) is 0 Å². The zero-order chi connectivity index (χ0) is 10.7. The van der Waals surface area contributed by atoms with Crippen LogP contribution in [0.2, 0.25) is 0 Å². The Balaban J connectivity index is 2.30. The fourth-order valence-corrected chi connectivity index (χ4v) is 1.30. The van der Waals surface area contributed by atoms with Gasteiger partial charge in [-0.1, -0.05) is 0 Å². The summed E-state index contributed by atoms with van der Waals surface area (Å²) in [7, 11) is 0. The summed E-state index contributed by atoms with van der Waals surface area (Å²) >= 11 is 0. The second kappa shape index (κ2) is 3.93. The van der Waals surface area contributed by atoms with E-state index in [1.54, 1.807) is 18.3 Å². The Bertz CT molecular complexity index is 493. The Labute approximate surface area is 86.2 Å². The number of halogens is 1. The Hall–Kier alpha value is -2.15. The van der Waals surface area contributed by atoms with Gasteiger partial charge in [-0.05, 0) is 29.8 Å². The molecule has 2 rings (SSSR count). The predicted octanol–water partition coefficient (Wildman–Crippen LogP) is 2.28. The first-order chi connectivity index (χ1) is 7.29. The zero-order valence-electron chi connectivity index (χ0n) is 7.87. The van der Waals surface area contributed by atoms with E-state index < -0.39 is 0 Å². The van der Waals surface area contributed by atoms with E-state index in [1.807, 2.05) is 6.07 Å². The number of hydrogen-bond acceptors (Lipinski definition) is 2. The quantitative estimate of drug-likeness (QED) is 0.810. The smallest absolute Gasteiger partial charge is 0.123 e. The molecule has 15 heavy (non-hydrogen) atoms. The average Bonchev–Trinajstić information content (AvgIpc) is 2.68. The summed E-state index contributed by atoms with van der Waals surface area (Å²) in [6.07, 6.45) is 1.89. The molecular weight excluding hydrogens is 193 g/mol. The number of nitriles is 1. The van der Waals surface area contributed by atoms with E-state index in [4.69, 9.17) is 5.26 Å². The van der Waals surface area contributed by atoms with Gasteiger partial charge in [0.25, 0.3) is 0 Å². The van der Waals surface area contributed by atoms with Crippen LogP contribution >= 0.6 is 0 Å². The van der Waals surface area contributed by atoms with Crippen LogP contribution in [-0.2, 0) is 6.42 Å². The second-order valence-electron chi connectivity index (χ2n) is 3.09. The van der Waals surface area contributed by atoms with E-state index in [1.165, 1.54) is 12.1 Å². The van der Waals surface area contributed by atoms with Crippen LogP contribution in [0.25, 0.3) is 11.3 Å². The summed E-state index contributed by atoms with van der Waals surface area (Å²) in [5.74, 6) is 0.354. The van der Waals surface area contributed by atoms with Gasteiger partial charge in [0.1, 0.15) is 11.6 Å². The lowest BCUT2D eigenvalue weighted by molar-refractivity contribution is 0.628. The lowest BCUT2D eigenvalue weighted by Crippen LogP contribution is -1.84. The van der Waals surface area contributed by atoms with Gasteiger partial charge in [0, 0.05) is 0 Å². The number of imidazole rings is 1. The summed E-state index contributed by atoms with van der Waals surface area (Å²) in [5.41, 5.74) is 1.65. The van der Waals surface area contributed by atoms with Gasteiger partial charge in [0.15, 0.2) is 0 Å². The lowest BCUT2D eigenvalue weighted by Gasteiger charge is -1.95. The van der Waals surface area contributed by atoms with Crippen molar-refractivity contribution in [3.8, 4) is 17.3 Å². The van der Waals surface area contributed by atoms with E-state index in [9.17, 15) is 4.39 Å². The maximum absolute atomic E-state index is 12.7. The van der Waals surface area contributed by atoms with Crippen molar-refractivity contribution in [3.05, 3.63) is 42.1 Å². The highest BCUT2D eigenvalue weighted by Gasteiger charge is 2.02. The van der Waals surface area contributed by atoms with Gasteiger partial charge in [-0.25, -0.2) is 9.37 Å². The zero-order valence-corrected chi connectivity index (χ0v) is 7.87. The molecule has 0 saturated carbocycles. The lowest BCUT2D eigenvalue weighted by atomic mass is 10.2. The fraction of sp³-hybridized carbons (Fsp3) is 0.0909. The third kappa shape index (κ3) is 2.02. The van der Waals surface area contributed by atoms with E-state index in [2.05, 4.69) is 9.97 Å². The molecule has 0 saturated heterocycles. The van der Waals surface area contributed by atoms with Crippen LogP contribution in [0.15, 0.2) is 30.5 Å². The van der Waals surface area contributed by atoms with Gasteiger partial charge in [0.05, 0.1) is 24.4 Å². The van der Waals surface area contributed by atoms with Crippen LogP contribution in [0, 0.1) is 17.1 Å². The first-order valence-corrected chi connectivity index (χ1v) is 4.46. The largest absolute Gasteiger partial charge is 0.341 e. The van der Waals surface area contributed by atoms with E-state index in [-0.39, 0.29) is 12.2 Å². The molecule has 0 aliphatic carbocycles. The number of H-pyrrole nitrogens is 1. The minimum atomic E-state index is -0.268. The summed E-state index contributed by atoms with van der Waals surface area (Å²) in [4.78, 5) is 7.03. The molecule has 1 aromatic carbocycles. The van der Waals surface area contributed by atoms with Crippen molar-refractivity contribution in [1.82, 2.24) is 9.97 Å². The van der Waals surface area contributed by atoms with Gasteiger partial charge in [-0.2, -0.15) is 5.26 Å². The van der Waals surface area contributed by atoms with Crippen LogP contribution in [0.1, 0.15) is 5.82 Å². The standard InChI is InChI=1S/C11H8FN3/c12-9-3-1-8(2-4-9)10-7-14-11(15-10)5-6-13/h1-4,7H,5H2,(H,14,15). The van der Waals surface area contributed by atoms with Crippen LogP contribution in [0.5, 0.6) is 0 Å². The van der Waals surface area contributed by atoms with Crippen molar-refractivity contribution < 1.29 is 4.39 Å². The highest BCUT2D eigenvalue weighted by Crippen LogP contribution is 2.17. The van der Waals surface area contributed by atoms with E-state index >= 15 is 0 Å². The number of nitrogens with one attached hydrogen (secondary N) is 1. The van der Waals surface area contributed by atoms with Crippen LogP contribution in [0.4, 0.5) is 4.39 Å². The first kappa shape index (κ1) is 9.41. The molecule has 1 aromatic heterocycles. The molecule has 0 bridgehead atoms. The molecule has 0 aliphatic rings. The highest BCUT2D eigenvalue weighted by molar-refractivity contribution is 5.58. The predicted molar refractivity (Wildman–Crippen MR) is 53.3 cm³/mol. The van der Waals surface area contributed by atoms with Crippen molar-refractivity contribution >= 4 is 0 Å². The monoisotopic (exact) mass is 201 g/mol. The van der Waals surface area contributed by atoms with Crippen molar-refractivity contribution in [2.75, 3.05) is 0 Å². The van der Waals surface area contributed by atoms with Crippen LogP contribution in [0.3, 0.4) is 0 Å². The molecule has 74 valence electrons. The maximum atomic E-state index is 12.7. The molecule has 0 unspecified atom stereocenters. The third-order valence-electron chi connectivity index (χ3n) is 2.03. The fourth-order valence-electron chi connectivity index (χ4n) is 1.30. The average molecular weight is 201 g/mol. The summed E-state index contributed by atoms with van der Waals surface area (Å²) in [6.45, 7) is 0. The number of aromatic nitrogens is 2. The van der Waals surface area contributed by atoms with Gasteiger partial charge in [-0.15, -0.1) is 0 Å². The Morgan fingerprint density at radius 3 is 2.73 bits per heavy atom. The van der Waals surface area contributed by atoms with Crippen molar-refractivity contribution in [3.63, 3.8) is 0 Å². The van der Waals surface area contributed by atoms with Gasteiger partial charge < -0.3 is 4.98 Å². The van der Waals surface area contributed by atoms with Crippen molar-refractivity contribution in [2.24, 2.45) is 0 Å². The molecule has 1 heterocycles. The molecular formula is C11H8FN3. The van der Waals surface area contributed by atoms with Crippen LogP contribution in [-0.4, -0.2) is 9.97 Å². The van der Waals surface area contributed by atoms with Crippen LogP contribution < -0.4 is 0 Å². The second-order valence-corrected chi connectivity index (χ2v) is 3.09.